The molecule has 0 amide bonds. The quantitative estimate of drug-likeness (QED) is 0.674. The Kier molecular flexibility index (Phi) is 2.49. The maximum atomic E-state index is 5.27. The van der Waals surface area contributed by atoms with Gasteiger partial charge >= 0.3 is 0 Å². The van der Waals surface area contributed by atoms with E-state index >= 15 is 0 Å². The smallest absolute Gasteiger partial charge is 0.181 e. The van der Waals surface area contributed by atoms with Crippen molar-refractivity contribution in [3.05, 3.63) is 35.0 Å². The maximum absolute atomic E-state index is 5.27. The fourth-order valence-corrected chi connectivity index (χ4v) is 2.69. The number of halogens is 1. The van der Waals surface area contributed by atoms with E-state index in [9.17, 15) is 0 Å². The van der Waals surface area contributed by atoms with Crippen LogP contribution in [0.4, 0.5) is 0 Å². The highest BCUT2D eigenvalue weighted by atomic mass is 79.9. The van der Waals surface area contributed by atoms with E-state index in [2.05, 4.69) is 25.9 Å². The Morgan fingerprint density at radius 3 is 3.12 bits per heavy atom. The van der Waals surface area contributed by atoms with Gasteiger partial charge in [0.2, 0.25) is 0 Å². The summed E-state index contributed by atoms with van der Waals surface area (Å²) in [4.78, 5) is 8.58. The monoisotopic (exact) mass is 294 g/mol. The molecule has 0 spiro atoms. The molecule has 3 nitrogen and oxygen atoms in total. The largest absolute Gasteiger partial charge is 0.443 e. The van der Waals surface area contributed by atoms with Crippen molar-refractivity contribution in [2.24, 2.45) is 0 Å². The summed E-state index contributed by atoms with van der Waals surface area (Å²) in [6.45, 7) is 0. The van der Waals surface area contributed by atoms with E-state index in [0.29, 0.717) is 0 Å². The Morgan fingerprint density at radius 2 is 2.31 bits per heavy atom. The van der Waals surface area contributed by atoms with Gasteiger partial charge < -0.3 is 4.42 Å². The van der Waals surface area contributed by atoms with Crippen LogP contribution in [0.25, 0.3) is 22.4 Å². The summed E-state index contributed by atoms with van der Waals surface area (Å²) < 4.78 is 5.27. The summed E-state index contributed by atoms with van der Waals surface area (Å²) in [7, 11) is 0. The van der Waals surface area contributed by atoms with Gasteiger partial charge in [-0.25, -0.2) is 9.97 Å². The Labute approximate surface area is 104 Å². The molecule has 0 bridgehead atoms. The lowest BCUT2D eigenvalue weighted by atomic mass is 10.1. The zero-order chi connectivity index (χ0) is 11.0. The van der Waals surface area contributed by atoms with Gasteiger partial charge in [0.1, 0.15) is 10.5 Å². The van der Waals surface area contributed by atoms with E-state index in [0.717, 1.165) is 32.7 Å². The highest BCUT2D eigenvalue weighted by molar-refractivity contribution is 9.08. The molecule has 3 aromatic rings. The van der Waals surface area contributed by atoms with Crippen LogP contribution in [-0.4, -0.2) is 9.97 Å². The first-order chi connectivity index (χ1) is 7.86. The van der Waals surface area contributed by atoms with Gasteiger partial charge in [0.15, 0.2) is 12.0 Å². The van der Waals surface area contributed by atoms with Crippen molar-refractivity contribution in [1.82, 2.24) is 9.97 Å². The first kappa shape index (κ1) is 9.99. The van der Waals surface area contributed by atoms with Gasteiger partial charge in [0.25, 0.3) is 0 Å². The summed E-state index contributed by atoms with van der Waals surface area (Å²) in [5.74, 6) is 0. The van der Waals surface area contributed by atoms with E-state index in [1.807, 2.05) is 23.6 Å². The predicted octanol–water partition coefficient (Wildman–Crippen LogP) is 3.85. The van der Waals surface area contributed by atoms with E-state index in [-0.39, 0.29) is 0 Å². The van der Waals surface area contributed by atoms with Crippen molar-refractivity contribution in [1.29, 1.82) is 0 Å². The minimum absolute atomic E-state index is 0.794. The van der Waals surface area contributed by atoms with Gasteiger partial charge in [0, 0.05) is 10.9 Å². The number of hydrogen-bond donors (Lipinski definition) is 0. The molecular weight excluding hydrogens is 288 g/mol. The second kappa shape index (κ2) is 3.99. The molecule has 5 heteroatoms. The third-order valence-corrected chi connectivity index (χ3v) is 4.04. The summed E-state index contributed by atoms with van der Waals surface area (Å²) in [6, 6.07) is 5.93. The summed E-state index contributed by atoms with van der Waals surface area (Å²) >= 11 is 5.04. The number of oxazole rings is 1. The average molecular weight is 295 g/mol. The third kappa shape index (κ3) is 1.66. The number of fused-ring (bicyclic) bond motifs is 1. The van der Waals surface area contributed by atoms with Crippen molar-refractivity contribution in [2.75, 3.05) is 0 Å². The van der Waals surface area contributed by atoms with Crippen LogP contribution in [-0.2, 0) is 5.33 Å². The molecule has 1 aromatic carbocycles. The Balaban J connectivity index is 2.10. The van der Waals surface area contributed by atoms with E-state index in [4.69, 9.17) is 4.42 Å². The van der Waals surface area contributed by atoms with Gasteiger partial charge in [-0.15, -0.1) is 11.3 Å². The van der Waals surface area contributed by atoms with Gasteiger partial charge in [-0.2, -0.15) is 0 Å². The molecule has 16 heavy (non-hydrogen) atoms. The van der Waals surface area contributed by atoms with Crippen molar-refractivity contribution in [2.45, 2.75) is 5.33 Å². The molecule has 0 fully saturated rings. The molecule has 0 saturated carbocycles. The van der Waals surface area contributed by atoms with Crippen molar-refractivity contribution in [3.63, 3.8) is 0 Å². The van der Waals surface area contributed by atoms with Crippen LogP contribution in [0.15, 0.2) is 34.4 Å². The molecule has 0 radical (unpaired) electrons. The van der Waals surface area contributed by atoms with Crippen molar-refractivity contribution in [3.8, 4) is 11.3 Å². The molecule has 0 aliphatic heterocycles. The zero-order valence-corrected chi connectivity index (χ0v) is 10.6. The van der Waals surface area contributed by atoms with Crippen LogP contribution in [0.2, 0.25) is 0 Å². The first-order valence-corrected chi connectivity index (χ1v) is 6.71. The maximum Gasteiger partial charge on any atom is 0.181 e. The molecule has 2 aromatic heterocycles. The van der Waals surface area contributed by atoms with Crippen LogP contribution in [0.5, 0.6) is 0 Å². The number of rotatable bonds is 2. The summed E-state index contributed by atoms with van der Waals surface area (Å²) in [6.07, 6.45) is 1.46. The standard InChI is InChI=1S/C11H7BrN2OS/c12-4-11-14-9(5-16-11)7-1-2-8-10(3-7)15-6-13-8/h1-3,5-6H,4H2. The van der Waals surface area contributed by atoms with Crippen LogP contribution in [0.3, 0.4) is 0 Å². The van der Waals surface area contributed by atoms with Crippen LogP contribution in [0.1, 0.15) is 5.01 Å². The summed E-state index contributed by atoms with van der Waals surface area (Å²) in [5, 5.41) is 3.92. The third-order valence-electron chi connectivity index (χ3n) is 2.29. The molecule has 0 saturated heterocycles. The Hall–Kier alpha value is -1.20. The van der Waals surface area contributed by atoms with E-state index < -0.39 is 0 Å². The van der Waals surface area contributed by atoms with Crippen LogP contribution in [0, 0.1) is 0 Å². The molecule has 3 rings (SSSR count). The Bertz CT molecular complexity index is 631. The normalized spacial score (nSPS) is 11.1. The molecule has 0 unspecified atom stereocenters. The lowest BCUT2D eigenvalue weighted by molar-refractivity contribution is 0.602. The van der Waals surface area contributed by atoms with Crippen LogP contribution >= 0.6 is 27.3 Å². The predicted molar refractivity (Wildman–Crippen MR) is 67.7 cm³/mol. The van der Waals surface area contributed by atoms with Gasteiger partial charge in [-0.3, -0.25) is 0 Å². The molecule has 0 N–H and O–H groups in total. The molecule has 80 valence electrons. The minimum atomic E-state index is 0.794. The number of aromatic nitrogens is 2. The number of thiazole rings is 1. The number of alkyl halides is 1. The highest BCUT2D eigenvalue weighted by Gasteiger charge is 2.06. The zero-order valence-electron chi connectivity index (χ0n) is 8.18. The van der Waals surface area contributed by atoms with Crippen LogP contribution < -0.4 is 0 Å². The first-order valence-electron chi connectivity index (χ1n) is 4.71. The second-order valence-electron chi connectivity index (χ2n) is 3.29. The molecule has 2 heterocycles. The summed E-state index contributed by atoms with van der Waals surface area (Å²) in [5.41, 5.74) is 3.72. The minimum Gasteiger partial charge on any atom is -0.443 e. The van der Waals surface area contributed by atoms with Gasteiger partial charge in [0.05, 0.1) is 11.0 Å². The molecular formula is C11H7BrN2OS. The molecule has 0 atom stereocenters. The average Bonchev–Trinajstić information content (AvgIpc) is 2.96. The number of benzene rings is 1. The van der Waals surface area contributed by atoms with E-state index in [1.54, 1.807) is 11.3 Å². The highest BCUT2D eigenvalue weighted by Crippen LogP contribution is 2.26. The van der Waals surface area contributed by atoms with Gasteiger partial charge in [-0.05, 0) is 12.1 Å². The van der Waals surface area contributed by atoms with Crippen molar-refractivity contribution < 1.29 is 4.42 Å². The fraction of sp³-hybridized carbons (Fsp3) is 0.0909. The molecule has 0 aliphatic rings. The number of nitrogens with zero attached hydrogens (tertiary/aromatic N) is 2. The lowest BCUT2D eigenvalue weighted by Crippen LogP contribution is -1.79. The molecule has 0 aliphatic carbocycles. The van der Waals surface area contributed by atoms with Gasteiger partial charge in [-0.1, -0.05) is 22.0 Å². The SMILES string of the molecule is BrCc1nc(-c2ccc3ncoc3c2)cs1. The number of hydrogen-bond acceptors (Lipinski definition) is 4. The lowest BCUT2D eigenvalue weighted by Gasteiger charge is -1.95. The van der Waals surface area contributed by atoms with Crippen molar-refractivity contribution >= 4 is 38.4 Å². The topological polar surface area (TPSA) is 38.9 Å². The Morgan fingerprint density at radius 1 is 1.38 bits per heavy atom. The van der Waals surface area contributed by atoms with E-state index in [1.165, 1.54) is 6.39 Å². The fourth-order valence-electron chi connectivity index (χ4n) is 1.52. The second-order valence-corrected chi connectivity index (χ2v) is 4.80.